The van der Waals surface area contributed by atoms with E-state index in [0.717, 1.165) is 10.6 Å². The van der Waals surface area contributed by atoms with Gasteiger partial charge in [-0.05, 0) is 13.8 Å². The average molecular weight is 200 g/mol. The standard InChI is InChI=1S/C8H12N2O2S/c1-5(9-3-7(11)12)8-6(2)10-4-13-8/h4-5,9H,3H2,1-2H3,(H,11,12). The fourth-order valence-corrected chi connectivity index (χ4v) is 1.89. The van der Waals surface area contributed by atoms with E-state index in [9.17, 15) is 4.79 Å². The molecule has 1 aromatic rings. The highest BCUT2D eigenvalue weighted by Crippen LogP contribution is 2.20. The lowest BCUT2D eigenvalue weighted by Gasteiger charge is -2.10. The molecule has 0 saturated heterocycles. The molecule has 13 heavy (non-hydrogen) atoms. The van der Waals surface area contributed by atoms with Gasteiger partial charge in [0.1, 0.15) is 0 Å². The topological polar surface area (TPSA) is 62.2 Å². The van der Waals surface area contributed by atoms with Gasteiger partial charge in [-0.2, -0.15) is 0 Å². The lowest BCUT2D eigenvalue weighted by molar-refractivity contribution is -0.136. The molecule has 4 nitrogen and oxygen atoms in total. The minimum Gasteiger partial charge on any atom is -0.480 e. The number of aliphatic carboxylic acids is 1. The molecular weight excluding hydrogens is 188 g/mol. The molecule has 1 heterocycles. The number of nitrogens with one attached hydrogen (secondary N) is 1. The van der Waals surface area contributed by atoms with Gasteiger partial charge in [0.2, 0.25) is 0 Å². The van der Waals surface area contributed by atoms with Crippen LogP contribution < -0.4 is 5.32 Å². The maximum Gasteiger partial charge on any atom is 0.317 e. The second-order valence-corrected chi connectivity index (χ2v) is 3.68. The molecule has 5 heteroatoms. The van der Waals surface area contributed by atoms with E-state index in [1.165, 1.54) is 0 Å². The van der Waals surface area contributed by atoms with Gasteiger partial charge in [0.25, 0.3) is 0 Å². The number of hydrogen-bond acceptors (Lipinski definition) is 4. The normalized spacial score (nSPS) is 12.8. The summed E-state index contributed by atoms with van der Waals surface area (Å²) in [6.45, 7) is 3.84. The summed E-state index contributed by atoms with van der Waals surface area (Å²) < 4.78 is 0. The summed E-state index contributed by atoms with van der Waals surface area (Å²) in [5.74, 6) is -0.839. The SMILES string of the molecule is Cc1ncsc1C(C)NCC(=O)O. The Bertz CT molecular complexity index is 298. The molecule has 1 aromatic heterocycles. The summed E-state index contributed by atoms with van der Waals surface area (Å²) in [5, 5.41) is 11.4. The lowest BCUT2D eigenvalue weighted by Crippen LogP contribution is -2.25. The Morgan fingerprint density at radius 2 is 2.54 bits per heavy atom. The fraction of sp³-hybridized carbons (Fsp3) is 0.500. The second-order valence-electron chi connectivity index (χ2n) is 2.80. The predicted molar refractivity (Wildman–Crippen MR) is 50.9 cm³/mol. The van der Waals surface area contributed by atoms with Gasteiger partial charge in [-0.3, -0.25) is 10.1 Å². The van der Waals surface area contributed by atoms with Gasteiger partial charge in [-0.25, -0.2) is 4.98 Å². The van der Waals surface area contributed by atoms with Crippen molar-refractivity contribution in [2.75, 3.05) is 6.54 Å². The molecule has 0 aliphatic carbocycles. The maximum absolute atomic E-state index is 10.3. The molecular formula is C8H12N2O2S. The Morgan fingerprint density at radius 1 is 1.85 bits per heavy atom. The number of aromatic nitrogens is 1. The largest absolute Gasteiger partial charge is 0.480 e. The molecule has 0 aliphatic heterocycles. The van der Waals surface area contributed by atoms with E-state index in [1.54, 1.807) is 16.8 Å². The molecule has 1 rings (SSSR count). The lowest BCUT2D eigenvalue weighted by atomic mass is 10.2. The van der Waals surface area contributed by atoms with Crippen molar-refractivity contribution in [1.29, 1.82) is 0 Å². The molecule has 0 amide bonds. The number of aryl methyl sites for hydroxylation is 1. The molecule has 0 fully saturated rings. The number of rotatable bonds is 4. The Balaban J connectivity index is 2.53. The zero-order valence-corrected chi connectivity index (χ0v) is 8.39. The Labute approximate surface area is 80.6 Å². The smallest absolute Gasteiger partial charge is 0.317 e. The van der Waals surface area contributed by atoms with Gasteiger partial charge in [0.15, 0.2) is 0 Å². The highest BCUT2D eigenvalue weighted by atomic mass is 32.1. The van der Waals surface area contributed by atoms with Crippen LogP contribution in [0, 0.1) is 6.92 Å². The number of nitrogens with zero attached hydrogens (tertiary/aromatic N) is 1. The van der Waals surface area contributed by atoms with Crippen molar-refractivity contribution in [3.8, 4) is 0 Å². The van der Waals surface area contributed by atoms with E-state index in [-0.39, 0.29) is 12.6 Å². The van der Waals surface area contributed by atoms with E-state index in [1.807, 2.05) is 13.8 Å². The number of thiazole rings is 1. The van der Waals surface area contributed by atoms with Gasteiger partial charge >= 0.3 is 5.97 Å². The van der Waals surface area contributed by atoms with Crippen LogP contribution in [0.2, 0.25) is 0 Å². The first-order chi connectivity index (χ1) is 6.11. The Kier molecular flexibility index (Phi) is 3.39. The summed E-state index contributed by atoms with van der Waals surface area (Å²) in [7, 11) is 0. The van der Waals surface area contributed by atoms with Crippen molar-refractivity contribution in [3.05, 3.63) is 16.1 Å². The van der Waals surface area contributed by atoms with E-state index >= 15 is 0 Å². The van der Waals surface area contributed by atoms with Crippen molar-refractivity contribution >= 4 is 17.3 Å². The number of carbonyl (C=O) groups is 1. The van der Waals surface area contributed by atoms with E-state index < -0.39 is 5.97 Å². The molecule has 0 spiro atoms. The van der Waals surface area contributed by atoms with Crippen LogP contribution >= 0.6 is 11.3 Å². The van der Waals surface area contributed by atoms with Gasteiger partial charge in [-0.15, -0.1) is 11.3 Å². The van der Waals surface area contributed by atoms with Gasteiger partial charge < -0.3 is 5.11 Å². The summed E-state index contributed by atoms with van der Waals surface area (Å²) in [6.07, 6.45) is 0. The molecule has 0 aliphatic rings. The third-order valence-electron chi connectivity index (χ3n) is 1.74. The quantitative estimate of drug-likeness (QED) is 0.766. The number of carboxylic acids is 1. The van der Waals surface area contributed by atoms with Crippen LogP contribution in [0.4, 0.5) is 0 Å². The highest BCUT2D eigenvalue weighted by molar-refractivity contribution is 7.09. The van der Waals surface area contributed by atoms with Crippen LogP contribution in [0.15, 0.2) is 5.51 Å². The minimum absolute atomic E-state index is 0.0154. The van der Waals surface area contributed by atoms with Crippen LogP contribution in [-0.2, 0) is 4.79 Å². The zero-order chi connectivity index (χ0) is 9.84. The first-order valence-corrected chi connectivity index (χ1v) is 4.84. The van der Waals surface area contributed by atoms with E-state index in [4.69, 9.17) is 5.11 Å². The molecule has 0 saturated carbocycles. The van der Waals surface area contributed by atoms with Crippen LogP contribution in [0.1, 0.15) is 23.5 Å². The van der Waals surface area contributed by atoms with Gasteiger partial charge in [0.05, 0.1) is 17.7 Å². The van der Waals surface area contributed by atoms with Gasteiger partial charge in [-0.1, -0.05) is 0 Å². The summed E-state index contributed by atoms with van der Waals surface area (Å²) in [6, 6.07) is 0.0589. The number of carboxylic acid groups (broad SMARTS) is 1. The first kappa shape index (κ1) is 10.1. The van der Waals surface area contributed by atoms with Crippen LogP contribution in [-0.4, -0.2) is 22.6 Å². The van der Waals surface area contributed by atoms with Gasteiger partial charge in [0, 0.05) is 10.9 Å². The maximum atomic E-state index is 10.3. The zero-order valence-electron chi connectivity index (χ0n) is 7.57. The summed E-state index contributed by atoms with van der Waals surface area (Å²) >= 11 is 1.54. The van der Waals surface area contributed by atoms with E-state index in [2.05, 4.69) is 10.3 Å². The van der Waals surface area contributed by atoms with Crippen molar-refractivity contribution in [2.24, 2.45) is 0 Å². The molecule has 1 atom stereocenters. The predicted octanol–water partition coefficient (Wildman–Crippen LogP) is 1.19. The third-order valence-corrected chi connectivity index (χ3v) is 2.85. The molecule has 0 bridgehead atoms. The molecule has 0 radical (unpaired) electrons. The number of hydrogen-bond donors (Lipinski definition) is 2. The minimum atomic E-state index is -0.839. The van der Waals surface area contributed by atoms with Crippen molar-refractivity contribution in [3.63, 3.8) is 0 Å². The molecule has 0 aromatic carbocycles. The monoisotopic (exact) mass is 200 g/mol. The van der Waals surface area contributed by atoms with Crippen LogP contribution in [0.5, 0.6) is 0 Å². The second kappa shape index (κ2) is 4.34. The molecule has 1 unspecified atom stereocenters. The van der Waals surface area contributed by atoms with Crippen molar-refractivity contribution < 1.29 is 9.90 Å². The third kappa shape index (κ3) is 2.78. The summed E-state index contributed by atoms with van der Waals surface area (Å²) in [4.78, 5) is 15.5. The van der Waals surface area contributed by atoms with E-state index in [0.29, 0.717) is 0 Å². The van der Waals surface area contributed by atoms with Crippen LogP contribution in [0.3, 0.4) is 0 Å². The Morgan fingerprint density at radius 3 is 3.00 bits per heavy atom. The van der Waals surface area contributed by atoms with Crippen molar-refractivity contribution in [1.82, 2.24) is 10.3 Å². The van der Waals surface area contributed by atoms with Crippen LogP contribution in [0.25, 0.3) is 0 Å². The average Bonchev–Trinajstić information content (AvgIpc) is 2.47. The highest BCUT2D eigenvalue weighted by Gasteiger charge is 2.10. The molecule has 2 N–H and O–H groups in total. The summed E-state index contributed by atoms with van der Waals surface area (Å²) in [5.41, 5.74) is 2.74. The van der Waals surface area contributed by atoms with Crippen molar-refractivity contribution in [2.45, 2.75) is 19.9 Å². The fourth-order valence-electron chi connectivity index (χ4n) is 1.06. The Hall–Kier alpha value is -0.940. The first-order valence-electron chi connectivity index (χ1n) is 3.96. The molecule has 72 valence electrons.